The van der Waals surface area contributed by atoms with Crippen LogP contribution in [0.2, 0.25) is 0 Å². The van der Waals surface area contributed by atoms with Crippen LogP contribution in [-0.4, -0.2) is 49.1 Å². The number of ether oxygens (including phenoxy) is 4. The average Bonchev–Trinajstić information content (AvgIpc) is 2.96. The van der Waals surface area contributed by atoms with E-state index in [2.05, 4.69) is 5.32 Å². The molecule has 3 aromatic rings. The molecule has 3 aromatic carbocycles. The number of aliphatic hydroxyl groups is 2. The third-order valence-corrected chi connectivity index (χ3v) is 6.14. The van der Waals surface area contributed by atoms with Gasteiger partial charge in [-0.1, -0.05) is 49.2 Å². The second-order valence-corrected chi connectivity index (χ2v) is 9.48. The Morgan fingerprint density at radius 1 is 0.850 bits per heavy atom. The molecule has 0 aliphatic carbocycles. The number of para-hydroxylation sites is 1. The summed E-state index contributed by atoms with van der Waals surface area (Å²) >= 11 is 0. The number of nitrogens with one attached hydrogen (secondary N) is 1. The van der Waals surface area contributed by atoms with Gasteiger partial charge in [-0.05, 0) is 66.9 Å². The predicted molar refractivity (Wildman–Crippen MR) is 153 cm³/mol. The number of hydrogen-bond acceptors (Lipinski definition) is 8. The molecule has 0 amide bonds. The molecule has 8 heteroatoms. The molecule has 0 heterocycles. The lowest BCUT2D eigenvalue weighted by molar-refractivity contribution is -0.131. The maximum atomic E-state index is 11.2. The lowest BCUT2D eigenvalue weighted by atomic mass is 10.1. The summed E-state index contributed by atoms with van der Waals surface area (Å²) in [6.07, 6.45) is 3.46. The molecule has 0 radical (unpaired) electrons. The summed E-state index contributed by atoms with van der Waals surface area (Å²) in [6.45, 7) is 4.59. The average molecular weight is 552 g/mol. The van der Waals surface area contributed by atoms with Crippen molar-refractivity contribution in [2.45, 2.75) is 51.9 Å². The van der Waals surface area contributed by atoms with Gasteiger partial charge in [-0.2, -0.15) is 0 Å². The number of hydrogen-bond donors (Lipinski definition) is 3. The second kappa shape index (κ2) is 18.1. The summed E-state index contributed by atoms with van der Waals surface area (Å²) in [6, 6.07) is 22.6. The van der Waals surface area contributed by atoms with E-state index in [1.807, 2.05) is 54.6 Å². The SMILES string of the molecule is CC(=O)Oc1ccc([C@@H](O)CNCCCCCCOCCOCc2cccc(Oc3ccccc3)c2)cc1CO. The number of benzene rings is 3. The Balaban J connectivity index is 1.16. The molecule has 0 spiro atoms. The van der Waals surface area contributed by atoms with Crippen molar-refractivity contribution in [1.29, 1.82) is 0 Å². The zero-order valence-corrected chi connectivity index (χ0v) is 23.2. The van der Waals surface area contributed by atoms with E-state index < -0.39 is 12.1 Å². The summed E-state index contributed by atoms with van der Waals surface area (Å²) in [5.74, 6) is 1.46. The van der Waals surface area contributed by atoms with Crippen LogP contribution >= 0.6 is 0 Å². The van der Waals surface area contributed by atoms with Crippen molar-refractivity contribution in [3.63, 3.8) is 0 Å². The van der Waals surface area contributed by atoms with E-state index in [9.17, 15) is 15.0 Å². The summed E-state index contributed by atoms with van der Waals surface area (Å²) in [4.78, 5) is 11.2. The van der Waals surface area contributed by atoms with E-state index in [4.69, 9.17) is 18.9 Å². The molecule has 8 nitrogen and oxygen atoms in total. The van der Waals surface area contributed by atoms with Gasteiger partial charge in [0.15, 0.2) is 0 Å². The van der Waals surface area contributed by atoms with Crippen LogP contribution in [0.15, 0.2) is 72.8 Å². The lowest BCUT2D eigenvalue weighted by Gasteiger charge is -2.15. The van der Waals surface area contributed by atoms with Gasteiger partial charge >= 0.3 is 5.97 Å². The fourth-order valence-electron chi connectivity index (χ4n) is 4.08. The first-order valence-corrected chi connectivity index (χ1v) is 13.8. The highest BCUT2D eigenvalue weighted by Crippen LogP contribution is 2.24. The molecule has 216 valence electrons. The van der Waals surface area contributed by atoms with E-state index in [1.165, 1.54) is 6.92 Å². The second-order valence-electron chi connectivity index (χ2n) is 9.48. The van der Waals surface area contributed by atoms with E-state index in [0.29, 0.717) is 49.8 Å². The molecule has 40 heavy (non-hydrogen) atoms. The topological polar surface area (TPSA) is 106 Å². The van der Waals surface area contributed by atoms with E-state index in [-0.39, 0.29) is 6.61 Å². The Kier molecular flexibility index (Phi) is 14.2. The summed E-state index contributed by atoms with van der Waals surface area (Å²) in [5, 5.41) is 23.2. The van der Waals surface area contributed by atoms with E-state index in [0.717, 1.165) is 49.3 Å². The fraction of sp³-hybridized carbons (Fsp3) is 0.406. The van der Waals surface area contributed by atoms with Crippen molar-refractivity contribution in [2.75, 3.05) is 32.9 Å². The smallest absolute Gasteiger partial charge is 0.308 e. The monoisotopic (exact) mass is 551 g/mol. The third-order valence-electron chi connectivity index (χ3n) is 6.14. The predicted octanol–water partition coefficient (Wildman–Crippen LogP) is 5.31. The fourth-order valence-corrected chi connectivity index (χ4v) is 4.08. The molecule has 3 N–H and O–H groups in total. The molecule has 0 saturated heterocycles. The molecule has 0 unspecified atom stereocenters. The van der Waals surface area contributed by atoms with Crippen molar-refractivity contribution < 1.29 is 34.0 Å². The van der Waals surface area contributed by atoms with E-state index in [1.54, 1.807) is 18.2 Å². The molecule has 0 bridgehead atoms. The molecule has 0 saturated carbocycles. The van der Waals surface area contributed by atoms with Gasteiger partial charge < -0.3 is 34.5 Å². The van der Waals surface area contributed by atoms with Crippen LogP contribution in [0.3, 0.4) is 0 Å². The molecule has 0 aliphatic heterocycles. The van der Waals surface area contributed by atoms with Crippen LogP contribution in [0.4, 0.5) is 0 Å². The zero-order valence-electron chi connectivity index (χ0n) is 23.2. The molecule has 1 atom stereocenters. The molecule has 0 fully saturated rings. The summed E-state index contributed by atoms with van der Waals surface area (Å²) < 4.78 is 22.4. The van der Waals surface area contributed by atoms with Crippen LogP contribution in [-0.2, 0) is 27.5 Å². The number of carbonyl (C=O) groups is 1. The Labute approximate surface area is 236 Å². The Morgan fingerprint density at radius 3 is 2.42 bits per heavy atom. The van der Waals surface area contributed by atoms with Crippen LogP contribution in [0.5, 0.6) is 17.2 Å². The van der Waals surface area contributed by atoms with Gasteiger partial charge in [0.25, 0.3) is 0 Å². The Bertz CT molecular complexity index is 1140. The van der Waals surface area contributed by atoms with Gasteiger partial charge in [-0.15, -0.1) is 0 Å². The van der Waals surface area contributed by atoms with Crippen LogP contribution in [0, 0.1) is 0 Å². The first kappa shape index (κ1) is 31.3. The van der Waals surface area contributed by atoms with Crippen molar-refractivity contribution >= 4 is 5.97 Å². The first-order valence-electron chi connectivity index (χ1n) is 13.8. The summed E-state index contributed by atoms with van der Waals surface area (Å²) in [5.41, 5.74) is 2.20. The minimum absolute atomic E-state index is 0.271. The van der Waals surface area contributed by atoms with Gasteiger partial charge in [0, 0.05) is 25.6 Å². The number of aliphatic hydroxyl groups excluding tert-OH is 2. The maximum absolute atomic E-state index is 11.2. The maximum Gasteiger partial charge on any atom is 0.308 e. The third kappa shape index (κ3) is 11.9. The van der Waals surface area contributed by atoms with Gasteiger partial charge in [0.1, 0.15) is 17.2 Å². The van der Waals surface area contributed by atoms with Gasteiger partial charge in [0.05, 0.1) is 32.5 Å². The highest BCUT2D eigenvalue weighted by atomic mass is 16.5. The number of carbonyl (C=O) groups excluding carboxylic acids is 1. The number of esters is 1. The van der Waals surface area contributed by atoms with Crippen LogP contribution < -0.4 is 14.8 Å². The standard InChI is InChI=1S/C32H41NO7/c1-25(35)39-32-15-14-27(21-28(32)23-34)31(36)22-33-16-7-2-3-8-17-37-18-19-38-24-26-10-9-13-30(20-26)40-29-11-5-4-6-12-29/h4-6,9-15,20-21,31,33-34,36H,2-3,7-8,16-19,22-24H2,1H3/t31-/m0/s1. The van der Waals surface area contributed by atoms with Crippen LogP contribution in [0.25, 0.3) is 0 Å². The molecule has 3 rings (SSSR count). The van der Waals surface area contributed by atoms with Gasteiger partial charge in [-0.3, -0.25) is 4.79 Å². The first-order chi connectivity index (χ1) is 19.5. The highest BCUT2D eigenvalue weighted by molar-refractivity contribution is 5.69. The number of unbranched alkanes of at least 4 members (excludes halogenated alkanes) is 3. The molecule has 0 aromatic heterocycles. The molecular formula is C32H41NO7. The van der Waals surface area contributed by atoms with Crippen molar-refractivity contribution in [3.05, 3.63) is 89.5 Å². The molecule has 0 aliphatic rings. The van der Waals surface area contributed by atoms with Gasteiger partial charge in [0.2, 0.25) is 0 Å². The Hall–Kier alpha value is -3.27. The minimum atomic E-state index is -0.709. The van der Waals surface area contributed by atoms with Gasteiger partial charge in [-0.25, -0.2) is 0 Å². The Morgan fingerprint density at radius 2 is 1.62 bits per heavy atom. The van der Waals surface area contributed by atoms with Crippen molar-refractivity contribution in [3.8, 4) is 17.2 Å². The summed E-state index contributed by atoms with van der Waals surface area (Å²) in [7, 11) is 0. The number of rotatable bonds is 19. The van der Waals surface area contributed by atoms with Crippen LogP contribution in [0.1, 0.15) is 55.4 Å². The van der Waals surface area contributed by atoms with E-state index >= 15 is 0 Å². The van der Waals surface area contributed by atoms with Crippen molar-refractivity contribution in [2.24, 2.45) is 0 Å². The normalized spacial score (nSPS) is 11.8. The quantitative estimate of drug-likeness (QED) is 0.105. The van der Waals surface area contributed by atoms with Crippen molar-refractivity contribution in [1.82, 2.24) is 5.32 Å². The minimum Gasteiger partial charge on any atom is -0.457 e. The zero-order chi connectivity index (χ0) is 28.4. The largest absolute Gasteiger partial charge is 0.457 e. The highest BCUT2D eigenvalue weighted by Gasteiger charge is 2.12. The lowest BCUT2D eigenvalue weighted by Crippen LogP contribution is -2.22. The molecular weight excluding hydrogens is 510 g/mol.